The van der Waals surface area contributed by atoms with Crippen molar-refractivity contribution >= 4 is 16.0 Å². The molecule has 1 heterocycles. The van der Waals surface area contributed by atoms with Crippen LogP contribution in [0, 0.1) is 0 Å². The highest BCUT2D eigenvalue weighted by Crippen LogP contribution is 2.32. The number of carbonyl (C=O) groups is 1. The van der Waals surface area contributed by atoms with E-state index in [1.165, 1.54) is 24.3 Å². The van der Waals surface area contributed by atoms with Crippen LogP contribution in [-0.2, 0) is 16.6 Å². The lowest BCUT2D eigenvalue weighted by Gasteiger charge is -2.19. The van der Waals surface area contributed by atoms with E-state index in [2.05, 4.69) is 4.72 Å². The maximum absolute atomic E-state index is 12.4. The third-order valence-electron chi connectivity index (χ3n) is 3.46. The number of ether oxygens (including phenoxy) is 2. The van der Waals surface area contributed by atoms with E-state index < -0.39 is 16.0 Å². The summed E-state index contributed by atoms with van der Waals surface area (Å²) in [6.45, 7) is 0.779. The summed E-state index contributed by atoms with van der Waals surface area (Å²) in [6, 6.07) is 10.5. The molecule has 8 heteroatoms. The third-order valence-corrected chi connectivity index (χ3v) is 4.86. The summed E-state index contributed by atoms with van der Waals surface area (Å²) in [5, 5.41) is 8.96. The maximum Gasteiger partial charge on any atom is 0.335 e. The van der Waals surface area contributed by atoms with Crippen molar-refractivity contribution in [2.45, 2.75) is 11.4 Å². The van der Waals surface area contributed by atoms with E-state index in [-0.39, 0.29) is 17.0 Å². The maximum atomic E-state index is 12.4. The van der Waals surface area contributed by atoms with Gasteiger partial charge in [-0.05, 0) is 29.8 Å². The van der Waals surface area contributed by atoms with Gasteiger partial charge in [-0.1, -0.05) is 12.1 Å². The van der Waals surface area contributed by atoms with Gasteiger partial charge in [0.1, 0.15) is 13.2 Å². The fourth-order valence-corrected chi connectivity index (χ4v) is 3.30. The minimum absolute atomic E-state index is 0.0160. The Morgan fingerprint density at radius 1 is 1.08 bits per heavy atom. The fourth-order valence-electron chi connectivity index (χ4n) is 2.27. The van der Waals surface area contributed by atoms with Crippen molar-refractivity contribution in [1.29, 1.82) is 0 Å². The molecule has 7 nitrogen and oxygen atoms in total. The molecule has 2 N–H and O–H groups in total. The Labute approximate surface area is 138 Å². The predicted molar refractivity (Wildman–Crippen MR) is 84.9 cm³/mol. The van der Waals surface area contributed by atoms with Crippen LogP contribution in [-0.4, -0.2) is 32.7 Å². The molecule has 2 aromatic carbocycles. The lowest BCUT2D eigenvalue weighted by Crippen LogP contribution is -2.24. The number of hydrogen-bond acceptors (Lipinski definition) is 5. The second kappa shape index (κ2) is 6.50. The van der Waals surface area contributed by atoms with E-state index in [1.54, 1.807) is 18.2 Å². The van der Waals surface area contributed by atoms with Gasteiger partial charge in [0.25, 0.3) is 0 Å². The van der Waals surface area contributed by atoms with Crippen LogP contribution in [0.5, 0.6) is 11.5 Å². The summed E-state index contributed by atoms with van der Waals surface area (Å²) in [5.74, 6) is -0.169. The molecule has 0 amide bonds. The minimum Gasteiger partial charge on any atom is -0.486 e. The third kappa shape index (κ3) is 3.50. The molecule has 0 spiro atoms. The van der Waals surface area contributed by atoms with Crippen molar-refractivity contribution in [2.24, 2.45) is 0 Å². The molecule has 0 fully saturated rings. The molecule has 0 aliphatic carbocycles. The molecule has 0 radical (unpaired) electrons. The first-order chi connectivity index (χ1) is 11.5. The Hall–Kier alpha value is -2.58. The van der Waals surface area contributed by atoms with Crippen LogP contribution in [0.1, 0.15) is 15.9 Å². The first-order valence-corrected chi connectivity index (χ1v) is 8.65. The first-order valence-electron chi connectivity index (χ1n) is 7.17. The van der Waals surface area contributed by atoms with Crippen LogP contribution >= 0.6 is 0 Å². The summed E-state index contributed by atoms with van der Waals surface area (Å²) in [4.78, 5) is 11.0. The molecule has 0 bridgehead atoms. The summed E-state index contributed by atoms with van der Waals surface area (Å²) in [6.07, 6.45) is 0. The zero-order valence-corrected chi connectivity index (χ0v) is 13.4. The average molecular weight is 349 g/mol. The topological polar surface area (TPSA) is 102 Å². The second-order valence-electron chi connectivity index (χ2n) is 5.14. The van der Waals surface area contributed by atoms with Gasteiger partial charge >= 0.3 is 5.97 Å². The number of aromatic carboxylic acids is 1. The van der Waals surface area contributed by atoms with Gasteiger partial charge in [0.15, 0.2) is 11.5 Å². The largest absolute Gasteiger partial charge is 0.486 e. The number of carboxylic acid groups (broad SMARTS) is 1. The molecule has 3 rings (SSSR count). The Bertz CT molecular complexity index is 878. The van der Waals surface area contributed by atoms with E-state index in [0.29, 0.717) is 30.3 Å². The summed E-state index contributed by atoms with van der Waals surface area (Å²) >= 11 is 0. The highest BCUT2D eigenvalue weighted by Gasteiger charge is 2.19. The van der Waals surface area contributed by atoms with Crippen LogP contribution in [0.25, 0.3) is 0 Å². The molecule has 0 atom stereocenters. The molecule has 1 aliphatic rings. The van der Waals surface area contributed by atoms with Crippen molar-refractivity contribution in [1.82, 2.24) is 4.72 Å². The number of sulfonamides is 1. The lowest BCUT2D eigenvalue weighted by molar-refractivity contribution is 0.0696. The number of nitrogens with one attached hydrogen (secondary N) is 1. The molecule has 24 heavy (non-hydrogen) atoms. The smallest absolute Gasteiger partial charge is 0.335 e. The van der Waals surface area contributed by atoms with Gasteiger partial charge < -0.3 is 14.6 Å². The highest BCUT2D eigenvalue weighted by atomic mass is 32.2. The normalized spacial score (nSPS) is 13.5. The van der Waals surface area contributed by atoms with Gasteiger partial charge in [0.05, 0.1) is 10.5 Å². The molecule has 126 valence electrons. The summed E-state index contributed by atoms with van der Waals surface area (Å²) in [7, 11) is -3.76. The van der Waals surface area contributed by atoms with Crippen LogP contribution in [0.15, 0.2) is 47.4 Å². The standard InChI is InChI=1S/C16H15NO6S/c18-16(19)12-3-1-2-11(8-12)10-17-24(20,21)13-4-5-14-15(9-13)23-7-6-22-14/h1-5,8-9,17H,6-7,10H2,(H,18,19). The second-order valence-corrected chi connectivity index (χ2v) is 6.90. The molecular weight excluding hydrogens is 334 g/mol. The number of benzene rings is 2. The number of hydrogen-bond donors (Lipinski definition) is 2. The minimum atomic E-state index is -3.76. The average Bonchev–Trinajstić information content (AvgIpc) is 2.60. The van der Waals surface area contributed by atoms with Crippen LogP contribution in [0.3, 0.4) is 0 Å². The number of fused-ring (bicyclic) bond motifs is 1. The summed E-state index contributed by atoms with van der Waals surface area (Å²) < 4.78 is 38.0. The van der Waals surface area contributed by atoms with Crippen molar-refractivity contribution in [3.05, 3.63) is 53.6 Å². The molecule has 0 unspecified atom stereocenters. The van der Waals surface area contributed by atoms with Gasteiger partial charge in [0.2, 0.25) is 10.0 Å². The Balaban J connectivity index is 1.77. The van der Waals surface area contributed by atoms with Gasteiger partial charge in [-0.3, -0.25) is 0 Å². The SMILES string of the molecule is O=C(O)c1cccc(CNS(=O)(=O)c2ccc3c(c2)OCCO3)c1. The van der Waals surface area contributed by atoms with E-state index in [4.69, 9.17) is 14.6 Å². The fraction of sp³-hybridized carbons (Fsp3) is 0.188. The first kappa shape index (κ1) is 16.3. The molecule has 0 saturated carbocycles. The van der Waals surface area contributed by atoms with Gasteiger partial charge in [-0.2, -0.15) is 0 Å². The highest BCUT2D eigenvalue weighted by molar-refractivity contribution is 7.89. The zero-order valence-electron chi connectivity index (χ0n) is 12.6. The Kier molecular flexibility index (Phi) is 4.41. The zero-order chi connectivity index (χ0) is 17.2. The molecular formula is C16H15NO6S. The quantitative estimate of drug-likeness (QED) is 0.851. The van der Waals surface area contributed by atoms with Crippen molar-refractivity contribution in [2.75, 3.05) is 13.2 Å². The van der Waals surface area contributed by atoms with Crippen LogP contribution in [0.2, 0.25) is 0 Å². The molecule has 0 saturated heterocycles. The van der Waals surface area contributed by atoms with Crippen LogP contribution in [0.4, 0.5) is 0 Å². The molecule has 1 aliphatic heterocycles. The van der Waals surface area contributed by atoms with Crippen molar-refractivity contribution in [3.8, 4) is 11.5 Å². The number of carboxylic acids is 1. The van der Waals surface area contributed by atoms with Gasteiger partial charge in [-0.15, -0.1) is 0 Å². The van der Waals surface area contributed by atoms with Gasteiger partial charge in [0, 0.05) is 12.6 Å². The van der Waals surface area contributed by atoms with Gasteiger partial charge in [-0.25, -0.2) is 17.9 Å². The van der Waals surface area contributed by atoms with E-state index in [1.807, 2.05) is 0 Å². The molecule has 2 aromatic rings. The molecule has 0 aromatic heterocycles. The van der Waals surface area contributed by atoms with Crippen molar-refractivity contribution < 1.29 is 27.8 Å². The monoisotopic (exact) mass is 349 g/mol. The van der Waals surface area contributed by atoms with Crippen molar-refractivity contribution in [3.63, 3.8) is 0 Å². The Morgan fingerprint density at radius 3 is 2.58 bits per heavy atom. The number of rotatable bonds is 5. The lowest BCUT2D eigenvalue weighted by atomic mass is 10.1. The van der Waals surface area contributed by atoms with Crippen LogP contribution < -0.4 is 14.2 Å². The summed E-state index contributed by atoms with van der Waals surface area (Å²) in [5.41, 5.74) is 0.655. The Morgan fingerprint density at radius 2 is 1.83 bits per heavy atom. The van der Waals surface area contributed by atoms with E-state index >= 15 is 0 Å². The predicted octanol–water partition coefficient (Wildman–Crippen LogP) is 1.63. The van der Waals surface area contributed by atoms with E-state index in [0.717, 1.165) is 0 Å². The van der Waals surface area contributed by atoms with E-state index in [9.17, 15) is 13.2 Å².